The quantitative estimate of drug-likeness (QED) is 0.664. The highest BCUT2D eigenvalue weighted by atomic mass is 35.5. The number of benzene rings is 1. The number of anilines is 1. The molecule has 0 bridgehead atoms. The molecule has 104 valence electrons. The van der Waals surface area contributed by atoms with Crippen molar-refractivity contribution in [3.05, 3.63) is 34.3 Å². The van der Waals surface area contributed by atoms with Crippen LogP contribution < -0.4 is 10.5 Å². The largest absolute Gasteiger partial charge is 0.398 e. The molecule has 0 aliphatic heterocycles. The van der Waals surface area contributed by atoms with Crippen molar-refractivity contribution in [3.8, 4) is 0 Å². The Balaban J connectivity index is 2.32. The van der Waals surface area contributed by atoms with Crippen LogP contribution in [0.2, 0.25) is 10.0 Å². The van der Waals surface area contributed by atoms with E-state index in [1.54, 1.807) is 0 Å². The van der Waals surface area contributed by atoms with Crippen LogP contribution in [0.15, 0.2) is 29.2 Å². The van der Waals surface area contributed by atoms with Crippen molar-refractivity contribution in [3.63, 3.8) is 0 Å². The zero-order chi connectivity index (χ0) is 14.0. The minimum Gasteiger partial charge on any atom is -0.398 e. The lowest BCUT2D eigenvalue weighted by Crippen LogP contribution is -2.35. The van der Waals surface area contributed by atoms with Crippen LogP contribution in [0.25, 0.3) is 0 Å². The van der Waals surface area contributed by atoms with Gasteiger partial charge >= 0.3 is 0 Å². The van der Waals surface area contributed by atoms with Crippen LogP contribution in [-0.2, 0) is 10.0 Å². The van der Waals surface area contributed by atoms with Crippen molar-refractivity contribution in [2.24, 2.45) is 0 Å². The molecule has 19 heavy (non-hydrogen) atoms. The van der Waals surface area contributed by atoms with Crippen LogP contribution in [0, 0.1) is 0 Å². The standard InChI is InChI=1S/C12H14Cl2N2O2S/c13-8-6-10(14)12(11(15)7-8)19(17,18)16-9-4-2-1-3-5-9/h1-2,6-7,9,16H,3-5,15H2. The molecule has 0 amide bonds. The summed E-state index contributed by atoms with van der Waals surface area (Å²) in [6.07, 6.45) is 6.29. The van der Waals surface area contributed by atoms with Gasteiger partial charge in [0.25, 0.3) is 0 Å². The molecule has 1 aromatic carbocycles. The van der Waals surface area contributed by atoms with Crippen molar-refractivity contribution in [2.45, 2.75) is 30.2 Å². The Morgan fingerprint density at radius 3 is 2.58 bits per heavy atom. The first kappa shape index (κ1) is 14.7. The van der Waals surface area contributed by atoms with Gasteiger partial charge in [-0.25, -0.2) is 13.1 Å². The summed E-state index contributed by atoms with van der Waals surface area (Å²) >= 11 is 11.7. The third-order valence-electron chi connectivity index (χ3n) is 2.90. The van der Waals surface area contributed by atoms with E-state index in [1.165, 1.54) is 12.1 Å². The predicted octanol–water partition coefficient (Wildman–Crippen LogP) is 2.96. The second-order valence-electron chi connectivity index (χ2n) is 4.41. The number of hydrogen-bond acceptors (Lipinski definition) is 3. The average Bonchev–Trinajstić information content (AvgIpc) is 2.27. The monoisotopic (exact) mass is 320 g/mol. The molecule has 2 rings (SSSR count). The molecule has 1 unspecified atom stereocenters. The van der Waals surface area contributed by atoms with Gasteiger partial charge in [0.2, 0.25) is 10.0 Å². The van der Waals surface area contributed by atoms with Crippen LogP contribution in [0.4, 0.5) is 5.69 Å². The Labute approximate surface area is 122 Å². The number of allylic oxidation sites excluding steroid dienone is 1. The smallest absolute Gasteiger partial charge is 0.244 e. The molecular formula is C12H14Cl2N2O2S. The Hall–Kier alpha value is -0.750. The van der Waals surface area contributed by atoms with Crippen LogP contribution in [0.1, 0.15) is 19.3 Å². The van der Waals surface area contributed by atoms with Gasteiger partial charge < -0.3 is 5.73 Å². The molecule has 4 nitrogen and oxygen atoms in total. The summed E-state index contributed by atoms with van der Waals surface area (Å²) in [6.45, 7) is 0. The minimum atomic E-state index is -3.74. The lowest BCUT2D eigenvalue weighted by Gasteiger charge is -2.20. The van der Waals surface area contributed by atoms with Gasteiger partial charge in [-0.05, 0) is 31.4 Å². The number of nitrogen functional groups attached to an aromatic ring is 1. The number of rotatable bonds is 3. The molecule has 7 heteroatoms. The molecule has 1 aliphatic rings. The van der Waals surface area contributed by atoms with E-state index in [4.69, 9.17) is 28.9 Å². The SMILES string of the molecule is Nc1cc(Cl)cc(Cl)c1S(=O)(=O)NC1CC=CCC1. The van der Waals surface area contributed by atoms with Crippen molar-refractivity contribution >= 4 is 38.9 Å². The van der Waals surface area contributed by atoms with E-state index in [1.807, 2.05) is 12.2 Å². The summed E-state index contributed by atoms with van der Waals surface area (Å²) < 4.78 is 27.2. The lowest BCUT2D eigenvalue weighted by atomic mass is 10.0. The second-order valence-corrected chi connectivity index (χ2v) is 6.90. The molecule has 1 aliphatic carbocycles. The summed E-state index contributed by atoms with van der Waals surface area (Å²) in [6, 6.07) is 2.62. The highest BCUT2D eigenvalue weighted by Crippen LogP contribution is 2.31. The van der Waals surface area contributed by atoms with E-state index in [-0.39, 0.29) is 21.6 Å². The summed E-state index contributed by atoms with van der Waals surface area (Å²) in [5, 5.41) is 0.339. The first-order chi connectivity index (χ1) is 8.90. The van der Waals surface area contributed by atoms with E-state index in [0.717, 1.165) is 12.8 Å². The van der Waals surface area contributed by atoms with Gasteiger partial charge in [-0.15, -0.1) is 0 Å². The fraction of sp³-hybridized carbons (Fsp3) is 0.333. The summed E-state index contributed by atoms with van der Waals surface area (Å²) in [5.74, 6) is 0. The highest BCUT2D eigenvalue weighted by Gasteiger charge is 2.25. The van der Waals surface area contributed by atoms with Gasteiger partial charge in [-0.1, -0.05) is 35.4 Å². The van der Waals surface area contributed by atoms with Gasteiger partial charge in [0.15, 0.2) is 0 Å². The van der Waals surface area contributed by atoms with Crippen LogP contribution in [-0.4, -0.2) is 14.5 Å². The fourth-order valence-electron chi connectivity index (χ4n) is 2.04. The topological polar surface area (TPSA) is 72.2 Å². The van der Waals surface area contributed by atoms with E-state index >= 15 is 0 Å². The van der Waals surface area contributed by atoms with Gasteiger partial charge in [0, 0.05) is 11.1 Å². The normalized spacial score (nSPS) is 19.6. The fourth-order valence-corrected chi connectivity index (χ4v) is 4.31. The maximum Gasteiger partial charge on any atom is 0.244 e. The van der Waals surface area contributed by atoms with E-state index in [9.17, 15) is 8.42 Å². The summed E-state index contributed by atoms with van der Waals surface area (Å²) in [7, 11) is -3.74. The van der Waals surface area contributed by atoms with Crippen molar-refractivity contribution in [1.82, 2.24) is 4.72 Å². The molecule has 0 saturated carbocycles. The Morgan fingerprint density at radius 2 is 2.00 bits per heavy atom. The first-order valence-corrected chi connectivity index (χ1v) is 8.06. The predicted molar refractivity (Wildman–Crippen MR) is 78.0 cm³/mol. The third-order valence-corrected chi connectivity index (χ3v) is 5.16. The third kappa shape index (κ3) is 3.42. The highest BCUT2D eigenvalue weighted by molar-refractivity contribution is 7.89. The van der Waals surface area contributed by atoms with Gasteiger partial charge in [0.1, 0.15) is 4.90 Å². The zero-order valence-corrected chi connectivity index (χ0v) is 12.4. The Bertz CT molecular complexity index is 591. The van der Waals surface area contributed by atoms with Gasteiger partial charge in [0.05, 0.1) is 10.7 Å². The maximum absolute atomic E-state index is 12.3. The summed E-state index contributed by atoms with van der Waals surface area (Å²) in [4.78, 5) is -0.104. The lowest BCUT2D eigenvalue weighted by molar-refractivity contribution is 0.522. The molecule has 1 atom stereocenters. The number of halogens is 2. The molecule has 0 fully saturated rings. The number of sulfonamides is 1. The summed E-state index contributed by atoms with van der Waals surface area (Å²) in [5.41, 5.74) is 5.76. The Kier molecular flexibility index (Phi) is 4.40. The van der Waals surface area contributed by atoms with Crippen molar-refractivity contribution in [2.75, 3.05) is 5.73 Å². The van der Waals surface area contributed by atoms with Crippen LogP contribution in [0.5, 0.6) is 0 Å². The minimum absolute atomic E-state index is 0.0313. The van der Waals surface area contributed by atoms with Crippen LogP contribution in [0.3, 0.4) is 0 Å². The van der Waals surface area contributed by atoms with Crippen molar-refractivity contribution < 1.29 is 8.42 Å². The van der Waals surface area contributed by atoms with Crippen LogP contribution >= 0.6 is 23.2 Å². The molecule has 1 aromatic rings. The molecule has 0 spiro atoms. The Morgan fingerprint density at radius 1 is 1.26 bits per heavy atom. The number of hydrogen-bond donors (Lipinski definition) is 2. The first-order valence-electron chi connectivity index (χ1n) is 5.82. The van der Waals surface area contributed by atoms with Crippen molar-refractivity contribution in [1.29, 1.82) is 0 Å². The van der Waals surface area contributed by atoms with E-state index < -0.39 is 10.0 Å². The van der Waals surface area contributed by atoms with E-state index in [2.05, 4.69) is 4.72 Å². The molecule has 3 N–H and O–H groups in total. The van der Waals surface area contributed by atoms with Gasteiger partial charge in [-0.3, -0.25) is 0 Å². The second kappa shape index (κ2) is 5.71. The average molecular weight is 321 g/mol. The molecule has 0 heterocycles. The maximum atomic E-state index is 12.3. The molecular weight excluding hydrogens is 307 g/mol. The number of nitrogens with two attached hydrogens (primary N) is 1. The van der Waals surface area contributed by atoms with E-state index in [0.29, 0.717) is 11.4 Å². The molecule has 0 saturated heterocycles. The molecule has 0 aromatic heterocycles. The zero-order valence-electron chi connectivity index (χ0n) is 10.1. The van der Waals surface area contributed by atoms with Gasteiger partial charge in [-0.2, -0.15) is 0 Å². The number of nitrogens with one attached hydrogen (secondary N) is 1. The molecule has 0 radical (unpaired) electrons.